The fourth-order valence-corrected chi connectivity index (χ4v) is 2.56. The Kier molecular flexibility index (Phi) is 5.42. The van der Waals surface area contributed by atoms with E-state index < -0.39 is 0 Å². The second kappa shape index (κ2) is 7.31. The Morgan fingerprint density at radius 2 is 2.37 bits per heavy atom. The number of hydrogen-bond acceptors (Lipinski definition) is 4. The van der Waals surface area contributed by atoms with E-state index in [1.165, 1.54) is 4.88 Å². The van der Waals surface area contributed by atoms with Gasteiger partial charge in [-0.05, 0) is 31.7 Å². The number of nitrogens with zero attached hydrogens (tertiary/aromatic N) is 2. The minimum Gasteiger partial charge on any atom is -0.382 e. The molecule has 4 nitrogen and oxygen atoms in total. The van der Waals surface area contributed by atoms with E-state index >= 15 is 0 Å². The van der Waals surface area contributed by atoms with Gasteiger partial charge in [-0.25, -0.2) is 4.98 Å². The highest BCUT2D eigenvalue weighted by Crippen LogP contribution is 2.13. The summed E-state index contributed by atoms with van der Waals surface area (Å²) in [7, 11) is 0. The van der Waals surface area contributed by atoms with E-state index in [-0.39, 0.29) is 0 Å². The van der Waals surface area contributed by atoms with Gasteiger partial charge in [-0.3, -0.25) is 0 Å². The first-order valence-electron chi connectivity index (χ1n) is 6.67. The summed E-state index contributed by atoms with van der Waals surface area (Å²) in [5.41, 5.74) is 1.05. The molecular weight excluding hydrogens is 258 g/mol. The summed E-state index contributed by atoms with van der Waals surface area (Å²) in [5.74, 6) is 0.947. The zero-order valence-electron chi connectivity index (χ0n) is 11.6. The highest BCUT2D eigenvalue weighted by Gasteiger charge is 2.05. The molecule has 0 fully saturated rings. The van der Waals surface area contributed by atoms with Crippen molar-refractivity contribution in [1.82, 2.24) is 9.55 Å². The van der Waals surface area contributed by atoms with Crippen molar-refractivity contribution in [3.05, 3.63) is 34.3 Å². The van der Waals surface area contributed by atoms with Crippen molar-refractivity contribution in [3.63, 3.8) is 0 Å². The van der Waals surface area contributed by atoms with Crippen LogP contribution in [0.2, 0.25) is 0 Å². The van der Waals surface area contributed by atoms with Gasteiger partial charge >= 0.3 is 0 Å². The summed E-state index contributed by atoms with van der Waals surface area (Å²) < 4.78 is 7.54. The summed E-state index contributed by atoms with van der Waals surface area (Å²) in [6.07, 6.45) is 3.10. The SMILES string of the molecule is CCOCCCn1cc(C)nc1NCc1cccs1. The molecule has 0 aliphatic carbocycles. The zero-order chi connectivity index (χ0) is 13.5. The Hall–Kier alpha value is -1.33. The lowest BCUT2D eigenvalue weighted by Crippen LogP contribution is -2.08. The number of aryl methyl sites for hydroxylation is 2. The lowest BCUT2D eigenvalue weighted by molar-refractivity contribution is 0.142. The number of anilines is 1. The van der Waals surface area contributed by atoms with Gasteiger partial charge in [-0.15, -0.1) is 11.3 Å². The second-order valence-corrected chi connectivity index (χ2v) is 5.41. The molecule has 2 rings (SSSR count). The highest BCUT2D eigenvalue weighted by atomic mass is 32.1. The molecule has 5 heteroatoms. The van der Waals surface area contributed by atoms with Crippen LogP contribution in [0, 0.1) is 6.92 Å². The van der Waals surface area contributed by atoms with Crippen molar-refractivity contribution in [2.45, 2.75) is 33.4 Å². The summed E-state index contributed by atoms with van der Waals surface area (Å²) in [6, 6.07) is 4.20. The van der Waals surface area contributed by atoms with Crippen molar-refractivity contribution in [1.29, 1.82) is 0 Å². The maximum Gasteiger partial charge on any atom is 0.203 e. The number of thiophene rings is 1. The summed E-state index contributed by atoms with van der Waals surface area (Å²) in [6.45, 7) is 7.41. The van der Waals surface area contributed by atoms with Crippen LogP contribution in [-0.4, -0.2) is 22.8 Å². The van der Waals surface area contributed by atoms with Gasteiger partial charge in [0.15, 0.2) is 0 Å². The largest absolute Gasteiger partial charge is 0.382 e. The minimum absolute atomic E-state index is 0.784. The number of hydrogen-bond donors (Lipinski definition) is 1. The second-order valence-electron chi connectivity index (χ2n) is 4.38. The van der Waals surface area contributed by atoms with Crippen LogP contribution >= 0.6 is 11.3 Å². The van der Waals surface area contributed by atoms with Crippen molar-refractivity contribution < 1.29 is 4.74 Å². The predicted molar refractivity (Wildman–Crippen MR) is 79.7 cm³/mol. The molecule has 0 aliphatic heterocycles. The summed E-state index contributed by atoms with van der Waals surface area (Å²) in [4.78, 5) is 5.85. The molecule has 0 saturated heterocycles. The van der Waals surface area contributed by atoms with Gasteiger partial charge < -0.3 is 14.6 Å². The highest BCUT2D eigenvalue weighted by molar-refractivity contribution is 7.09. The monoisotopic (exact) mass is 279 g/mol. The molecule has 0 bridgehead atoms. The molecular formula is C14H21N3OS. The number of rotatable bonds is 8. The Labute approximate surface area is 118 Å². The normalized spacial score (nSPS) is 10.8. The molecule has 19 heavy (non-hydrogen) atoms. The molecule has 0 amide bonds. The molecule has 2 aromatic rings. The first kappa shape index (κ1) is 14.1. The lowest BCUT2D eigenvalue weighted by Gasteiger charge is -2.09. The van der Waals surface area contributed by atoms with Crippen molar-refractivity contribution >= 4 is 17.3 Å². The van der Waals surface area contributed by atoms with Gasteiger partial charge in [0.1, 0.15) is 0 Å². The van der Waals surface area contributed by atoms with E-state index in [4.69, 9.17) is 4.74 Å². The molecule has 0 radical (unpaired) electrons. The average molecular weight is 279 g/mol. The molecule has 0 unspecified atom stereocenters. The van der Waals surface area contributed by atoms with Gasteiger partial charge in [0.25, 0.3) is 0 Å². The quantitative estimate of drug-likeness (QED) is 0.754. The van der Waals surface area contributed by atoms with E-state index in [1.807, 2.05) is 13.8 Å². The maximum absolute atomic E-state index is 5.37. The van der Waals surface area contributed by atoms with E-state index in [2.05, 4.69) is 38.6 Å². The van der Waals surface area contributed by atoms with E-state index in [0.29, 0.717) is 0 Å². The van der Waals surface area contributed by atoms with Crippen LogP contribution < -0.4 is 5.32 Å². The number of ether oxygens (including phenoxy) is 1. The van der Waals surface area contributed by atoms with Gasteiger partial charge in [0.2, 0.25) is 5.95 Å². The third-order valence-electron chi connectivity index (χ3n) is 2.79. The van der Waals surface area contributed by atoms with Crippen LogP contribution in [0.1, 0.15) is 23.9 Å². The lowest BCUT2D eigenvalue weighted by atomic mass is 10.4. The number of nitrogens with one attached hydrogen (secondary N) is 1. The predicted octanol–water partition coefficient (Wildman–Crippen LogP) is 3.29. The zero-order valence-corrected chi connectivity index (χ0v) is 12.4. The fourth-order valence-electron chi connectivity index (χ4n) is 1.92. The van der Waals surface area contributed by atoms with Gasteiger partial charge in [-0.1, -0.05) is 6.07 Å². The van der Waals surface area contributed by atoms with Gasteiger partial charge in [0.05, 0.1) is 12.2 Å². The van der Waals surface area contributed by atoms with Crippen LogP contribution in [0.5, 0.6) is 0 Å². The van der Waals surface area contributed by atoms with Crippen LogP contribution in [0.25, 0.3) is 0 Å². The fraction of sp³-hybridized carbons (Fsp3) is 0.500. The number of imidazole rings is 1. The third-order valence-corrected chi connectivity index (χ3v) is 3.67. The molecule has 2 aromatic heterocycles. The number of aromatic nitrogens is 2. The van der Waals surface area contributed by atoms with Crippen LogP contribution in [-0.2, 0) is 17.8 Å². The van der Waals surface area contributed by atoms with Gasteiger partial charge in [-0.2, -0.15) is 0 Å². The van der Waals surface area contributed by atoms with Crippen molar-refractivity contribution in [2.75, 3.05) is 18.5 Å². The summed E-state index contributed by atoms with van der Waals surface area (Å²) >= 11 is 1.76. The van der Waals surface area contributed by atoms with Crippen molar-refractivity contribution in [3.8, 4) is 0 Å². The molecule has 104 valence electrons. The third kappa shape index (κ3) is 4.36. The smallest absolute Gasteiger partial charge is 0.203 e. The molecule has 0 spiro atoms. The van der Waals surface area contributed by atoms with Crippen LogP contribution in [0.15, 0.2) is 23.7 Å². The molecule has 2 heterocycles. The Balaban J connectivity index is 1.88. The Morgan fingerprint density at radius 3 is 3.11 bits per heavy atom. The first-order valence-corrected chi connectivity index (χ1v) is 7.55. The van der Waals surface area contributed by atoms with Crippen LogP contribution in [0.4, 0.5) is 5.95 Å². The molecule has 0 aromatic carbocycles. The standard InChI is InChI=1S/C14H21N3OS/c1-3-18-8-5-7-17-11-12(2)16-14(17)15-10-13-6-4-9-19-13/h4,6,9,11H,3,5,7-8,10H2,1-2H3,(H,15,16). The molecule has 0 saturated carbocycles. The molecule has 1 N–H and O–H groups in total. The van der Waals surface area contributed by atoms with Crippen molar-refractivity contribution in [2.24, 2.45) is 0 Å². The van der Waals surface area contributed by atoms with E-state index in [0.717, 1.165) is 44.4 Å². The Morgan fingerprint density at radius 1 is 1.47 bits per heavy atom. The van der Waals surface area contributed by atoms with E-state index in [1.54, 1.807) is 11.3 Å². The van der Waals surface area contributed by atoms with Crippen LogP contribution in [0.3, 0.4) is 0 Å². The molecule has 0 aliphatic rings. The maximum atomic E-state index is 5.37. The first-order chi connectivity index (χ1) is 9.29. The van der Waals surface area contributed by atoms with Gasteiger partial charge in [0, 0.05) is 30.8 Å². The topological polar surface area (TPSA) is 39.1 Å². The average Bonchev–Trinajstić information content (AvgIpc) is 3.02. The summed E-state index contributed by atoms with van der Waals surface area (Å²) in [5, 5.41) is 5.49. The molecule has 0 atom stereocenters. The van der Waals surface area contributed by atoms with E-state index in [9.17, 15) is 0 Å². The Bertz CT molecular complexity index is 479. The minimum atomic E-state index is 0.784.